The molecule has 3 nitrogen and oxygen atoms in total. The first kappa shape index (κ1) is 9.93. The summed E-state index contributed by atoms with van der Waals surface area (Å²) < 4.78 is 12.9. The number of aldehydes is 2. The minimum atomic E-state index is -0.940. The van der Waals surface area contributed by atoms with E-state index in [1.165, 1.54) is 6.07 Å². The maximum atomic E-state index is 12.9. The molecule has 0 bridgehead atoms. The smallest absolute Gasteiger partial charge is 0.193 e. The molecule has 70 valence electrons. The molecule has 0 saturated heterocycles. The predicted octanol–water partition coefficient (Wildman–Crippen LogP) is 0.894. The van der Waals surface area contributed by atoms with E-state index in [-0.39, 0.29) is 11.1 Å². The number of rotatable bonds is 1. The Balaban J connectivity index is 3.29. The van der Waals surface area contributed by atoms with Crippen LogP contribution in [0, 0.1) is 17.7 Å². The van der Waals surface area contributed by atoms with E-state index < -0.39 is 11.6 Å². The monoisotopic (exact) mass is 192 g/mol. The van der Waals surface area contributed by atoms with Crippen molar-refractivity contribution in [3.8, 4) is 17.6 Å². The van der Waals surface area contributed by atoms with Gasteiger partial charge >= 0.3 is 0 Å². The Hall–Kier alpha value is -2.15. The standard InChI is InChI=1S/C10H5FO3/c11-9-5-7(2-1-3-12)4-8(6-13)10(9)14/h3-6,14H. The summed E-state index contributed by atoms with van der Waals surface area (Å²) in [6.45, 7) is 0. The molecule has 1 aromatic carbocycles. The van der Waals surface area contributed by atoms with Crippen LogP contribution in [-0.2, 0) is 4.79 Å². The van der Waals surface area contributed by atoms with Crippen LogP contribution in [0.3, 0.4) is 0 Å². The molecule has 0 amide bonds. The molecule has 0 spiro atoms. The molecule has 0 aliphatic carbocycles. The maximum absolute atomic E-state index is 12.9. The molecular weight excluding hydrogens is 187 g/mol. The molecule has 0 saturated carbocycles. The number of benzene rings is 1. The summed E-state index contributed by atoms with van der Waals surface area (Å²) in [5.41, 5.74) is -0.0327. The van der Waals surface area contributed by atoms with Gasteiger partial charge in [0, 0.05) is 5.56 Å². The lowest BCUT2D eigenvalue weighted by Gasteiger charge is -1.99. The SMILES string of the molecule is O=CC#Cc1cc(F)c(O)c(C=O)c1. The highest BCUT2D eigenvalue weighted by molar-refractivity contribution is 5.80. The zero-order valence-corrected chi connectivity index (χ0v) is 6.95. The summed E-state index contributed by atoms with van der Waals surface area (Å²) >= 11 is 0. The fraction of sp³-hybridized carbons (Fsp3) is 0. The molecule has 0 unspecified atom stereocenters. The van der Waals surface area contributed by atoms with E-state index in [0.717, 1.165) is 6.07 Å². The van der Waals surface area contributed by atoms with Crippen LogP contribution in [-0.4, -0.2) is 17.7 Å². The highest BCUT2D eigenvalue weighted by Gasteiger charge is 2.07. The number of carbonyl (C=O) groups is 2. The van der Waals surface area contributed by atoms with E-state index in [2.05, 4.69) is 11.8 Å². The minimum absolute atomic E-state index is 0.162. The van der Waals surface area contributed by atoms with Gasteiger partial charge in [-0.1, -0.05) is 5.92 Å². The third-order valence-corrected chi connectivity index (χ3v) is 1.50. The molecule has 4 heteroatoms. The van der Waals surface area contributed by atoms with Crippen molar-refractivity contribution in [2.24, 2.45) is 0 Å². The summed E-state index contributed by atoms with van der Waals surface area (Å²) in [5.74, 6) is 2.73. The van der Waals surface area contributed by atoms with Gasteiger partial charge in [0.25, 0.3) is 0 Å². The normalized spacial score (nSPS) is 8.64. The van der Waals surface area contributed by atoms with E-state index in [9.17, 15) is 14.0 Å². The zero-order valence-electron chi connectivity index (χ0n) is 6.95. The molecule has 1 rings (SSSR count). The zero-order chi connectivity index (χ0) is 10.6. The van der Waals surface area contributed by atoms with Gasteiger partial charge in [0.15, 0.2) is 24.1 Å². The van der Waals surface area contributed by atoms with E-state index in [1.54, 1.807) is 0 Å². The fourth-order valence-corrected chi connectivity index (χ4v) is 0.895. The number of halogens is 1. The third kappa shape index (κ3) is 1.96. The first-order chi connectivity index (χ1) is 6.69. The molecule has 0 heterocycles. The van der Waals surface area contributed by atoms with Crippen LogP contribution >= 0.6 is 0 Å². The summed E-state index contributed by atoms with van der Waals surface area (Å²) in [6.07, 6.45) is 0.663. The van der Waals surface area contributed by atoms with Gasteiger partial charge in [-0.2, -0.15) is 0 Å². The number of hydrogen-bond acceptors (Lipinski definition) is 3. The quantitative estimate of drug-likeness (QED) is 0.531. The molecule has 0 aliphatic rings. The van der Waals surface area contributed by atoms with Crippen molar-refractivity contribution in [2.45, 2.75) is 0 Å². The second-order valence-corrected chi connectivity index (χ2v) is 2.40. The fourth-order valence-electron chi connectivity index (χ4n) is 0.895. The number of carbonyl (C=O) groups excluding carboxylic acids is 2. The Morgan fingerprint density at radius 1 is 1.36 bits per heavy atom. The van der Waals surface area contributed by atoms with Gasteiger partial charge < -0.3 is 5.11 Å². The molecule has 14 heavy (non-hydrogen) atoms. The van der Waals surface area contributed by atoms with Gasteiger partial charge in [0.2, 0.25) is 0 Å². The van der Waals surface area contributed by atoms with E-state index in [4.69, 9.17) is 5.11 Å². The van der Waals surface area contributed by atoms with Gasteiger partial charge in [-0.3, -0.25) is 9.59 Å². The van der Waals surface area contributed by atoms with E-state index >= 15 is 0 Å². The summed E-state index contributed by atoms with van der Waals surface area (Å²) in [6, 6.07) is 2.14. The maximum Gasteiger partial charge on any atom is 0.193 e. The lowest BCUT2D eigenvalue weighted by atomic mass is 10.1. The first-order valence-electron chi connectivity index (χ1n) is 3.62. The third-order valence-electron chi connectivity index (χ3n) is 1.50. The Labute approximate surface area is 79.2 Å². The number of phenolic OH excluding ortho intramolecular Hbond substituents is 1. The lowest BCUT2D eigenvalue weighted by Crippen LogP contribution is -1.88. The van der Waals surface area contributed by atoms with Crippen LogP contribution in [0.1, 0.15) is 15.9 Å². The number of hydrogen-bond donors (Lipinski definition) is 1. The van der Waals surface area contributed by atoms with Crippen LogP contribution in [0.25, 0.3) is 0 Å². The van der Waals surface area contributed by atoms with Crippen molar-refractivity contribution < 1.29 is 19.1 Å². The second kappa shape index (κ2) is 4.19. The van der Waals surface area contributed by atoms with Crippen molar-refractivity contribution in [1.82, 2.24) is 0 Å². The molecule has 0 atom stereocenters. The average Bonchev–Trinajstić information content (AvgIpc) is 2.19. The van der Waals surface area contributed by atoms with Crippen molar-refractivity contribution >= 4 is 12.6 Å². The molecule has 1 N–H and O–H groups in total. The summed E-state index contributed by atoms with van der Waals surface area (Å²) in [5, 5.41) is 9.02. The largest absolute Gasteiger partial charge is 0.504 e. The average molecular weight is 192 g/mol. The molecule has 1 aromatic rings. The van der Waals surface area contributed by atoms with Crippen molar-refractivity contribution in [2.75, 3.05) is 0 Å². The summed E-state index contributed by atoms with van der Waals surface area (Å²) in [4.78, 5) is 20.3. The highest BCUT2D eigenvalue weighted by atomic mass is 19.1. The highest BCUT2D eigenvalue weighted by Crippen LogP contribution is 2.20. The number of phenols is 1. The Kier molecular flexibility index (Phi) is 2.97. The van der Waals surface area contributed by atoms with Gasteiger partial charge in [0.1, 0.15) is 0 Å². The lowest BCUT2D eigenvalue weighted by molar-refractivity contribution is -0.103. The first-order valence-corrected chi connectivity index (χ1v) is 3.62. The van der Waals surface area contributed by atoms with Crippen molar-refractivity contribution in [3.63, 3.8) is 0 Å². The topological polar surface area (TPSA) is 54.4 Å². The van der Waals surface area contributed by atoms with Gasteiger partial charge in [0.05, 0.1) is 5.56 Å². The van der Waals surface area contributed by atoms with Crippen molar-refractivity contribution in [3.05, 3.63) is 29.1 Å². The minimum Gasteiger partial charge on any atom is -0.504 e. The Morgan fingerprint density at radius 2 is 2.07 bits per heavy atom. The van der Waals surface area contributed by atoms with Crippen LogP contribution in [0.15, 0.2) is 12.1 Å². The molecular formula is C10H5FO3. The van der Waals surface area contributed by atoms with Gasteiger partial charge in [-0.25, -0.2) is 4.39 Å². The van der Waals surface area contributed by atoms with E-state index in [0.29, 0.717) is 12.6 Å². The van der Waals surface area contributed by atoms with Crippen LogP contribution in [0.2, 0.25) is 0 Å². The molecule has 0 aliphatic heterocycles. The van der Waals surface area contributed by atoms with Gasteiger partial charge in [-0.05, 0) is 18.1 Å². The van der Waals surface area contributed by atoms with Gasteiger partial charge in [-0.15, -0.1) is 0 Å². The van der Waals surface area contributed by atoms with Crippen LogP contribution < -0.4 is 0 Å². The van der Waals surface area contributed by atoms with E-state index in [1.807, 2.05) is 0 Å². The molecule has 0 fully saturated rings. The Morgan fingerprint density at radius 3 is 2.64 bits per heavy atom. The van der Waals surface area contributed by atoms with Crippen molar-refractivity contribution in [1.29, 1.82) is 0 Å². The molecule has 0 radical (unpaired) electrons. The predicted molar refractivity (Wildman–Crippen MR) is 46.4 cm³/mol. The van der Waals surface area contributed by atoms with Crippen LogP contribution in [0.5, 0.6) is 5.75 Å². The number of aromatic hydroxyl groups is 1. The molecule has 0 aromatic heterocycles. The Bertz CT molecular complexity index is 441. The van der Waals surface area contributed by atoms with Crippen LogP contribution in [0.4, 0.5) is 4.39 Å². The second-order valence-electron chi connectivity index (χ2n) is 2.40. The summed E-state index contributed by atoms with van der Waals surface area (Å²) in [7, 11) is 0.